The molecule has 4 aromatic rings. The number of benzene rings is 2. The summed E-state index contributed by atoms with van der Waals surface area (Å²) in [5.41, 5.74) is 1.54. The van der Waals surface area contributed by atoms with Crippen molar-refractivity contribution in [1.82, 2.24) is 30.4 Å². The maximum absolute atomic E-state index is 13.4. The van der Waals surface area contributed by atoms with E-state index in [1.165, 1.54) is 18.2 Å². The van der Waals surface area contributed by atoms with E-state index in [1.807, 2.05) is 39.0 Å². The zero-order valence-corrected chi connectivity index (χ0v) is 21.8. The summed E-state index contributed by atoms with van der Waals surface area (Å²) in [6, 6.07) is 14.0. The van der Waals surface area contributed by atoms with E-state index in [0.717, 1.165) is 11.1 Å². The molecule has 0 radical (unpaired) electrons. The average molecular weight is 519 g/mol. The predicted octanol–water partition coefficient (Wildman–Crippen LogP) is 3.12. The number of fused-ring (bicyclic) bond motifs is 1. The number of hydrogen-bond donors (Lipinski definition) is 3. The molecule has 0 spiro atoms. The summed E-state index contributed by atoms with van der Waals surface area (Å²) in [7, 11) is 0. The van der Waals surface area contributed by atoms with E-state index in [1.54, 1.807) is 29.8 Å². The van der Waals surface area contributed by atoms with Crippen LogP contribution in [0, 0.1) is 18.2 Å². The van der Waals surface area contributed by atoms with Gasteiger partial charge in [-0.05, 0) is 36.1 Å². The molecule has 3 N–H and O–H groups in total. The molecular formula is C28H31FN6O3. The lowest BCUT2D eigenvalue weighted by Crippen LogP contribution is -2.54. The molecule has 0 fully saturated rings. The number of aryl methyl sites for hydroxylation is 1. The van der Waals surface area contributed by atoms with Crippen LogP contribution < -0.4 is 16.2 Å². The normalized spacial score (nSPS) is 12.3. The molecule has 2 amide bonds. The molecule has 2 aromatic carbocycles. The van der Waals surface area contributed by atoms with Crippen molar-refractivity contribution in [2.45, 2.75) is 46.7 Å². The molecule has 0 saturated carbocycles. The molecule has 0 aliphatic carbocycles. The van der Waals surface area contributed by atoms with E-state index < -0.39 is 17.4 Å². The van der Waals surface area contributed by atoms with E-state index in [4.69, 9.17) is 0 Å². The van der Waals surface area contributed by atoms with Gasteiger partial charge in [0, 0.05) is 30.1 Å². The van der Waals surface area contributed by atoms with Gasteiger partial charge in [0.2, 0.25) is 5.91 Å². The number of rotatable bonds is 8. The minimum atomic E-state index is -0.847. The fourth-order valence-electron chi connectivity index (χ4n) is 4.22. The molecule has 4 rings (SSSR count). The van der Waals surface area contributed by atoms with Crippen LogP contribution in [-0.4, -0.2) is 44.1 Å². The van der Waals surface area contributed by atoms with E-state index in [-0.39, 0.29) is 29.5 Å². The van der Waals surface area contributed by atoms with Gasteiger partial charge in [-0.15, -0.1) is 0 Å². The van der Waals surface area contributed by atoms with E-state index in [0.29, 0.717) is 29.9 Å². The molecule has 2 aromatic heterocycles. The smallest absolute Gasteiger partial charge is 0.273 e. The lowest BCUT2D eigenvalue weighted by atomic mass is 9.86. The summed E-state index contributed by atoms with van der Waals surface area (Å²) in [6.45, 7) is 7.91. The Bertz CT molecular complexity index is 1520. The highest BCUT2D eigenvalue weighted by Crippen LogP contribution is 2.23. The van der Waals surface area contributed by atoms with E-state index in [9.17, 15) is 18.8 Å². The Kier molecular flexibility index (Phi) is 7.70. The summed E-state index contributed by atoms with van der Waals surface area (Å²) in [4.78, 5) is 45.2. The quantitative estimate of drug-likeness (QED) is 0.331. The fourth-order valence-corrected chi connectivity index (χ4v) is 4.22. The number of halogens is 1. The summed E-state index contributed by atoms with van der Waals surface area (Å²) in [6.07, 6.45) is 0.339. The number of nitrogens with zero attached hydrogens (tertiary/aromatic N) is 3. The summed E-state index contributed by atoms with van der Waals surface area (Å²) in [5.74, 6) is -0.673. The first-order chi connectivity index (χ1) is 18.0. The van der Waals surface area contributed by atoms with Gasteiger partial charge in [-0.25, -0.2) is 9.37 Å². The van der Waals surface area contributed by atoms with Crippen LogP contribution in [-0.2, 0) is 17.8 Å². The van der Waals surface area contributed by atoms with Crippen LogP contribution >= 0.6 is 0 Å². The lowest BCUT2D eigenvalue weighted by Gasteiger charge is -2.30. The number of amides is 2. The SMILES string of the molecule is Cc1cc(=O)[nH]c(CCNC(=O)[C@@H](NC(=O)c2nn(Cc3ccc(F)cc3)c3ccccc23)C(C)(C)C)n1. The van der Waals surface area contributed by atoms with Crippen molar-refractivity contribution in [2.24, 2.45) is 5.41 Å². The van der Waals surface area contributed by atoms with Gasteiger partial charge in [0.25, 0.3) is 11.5 Å². The van der Waals surface area contributed by atoms with E-state index >= 15 is 0 Å². The van der Waals surface area contributed by atoms with Crippen molar-refractivity contribution in [1.29, 1.82) is 0 Å². The number of H-pyrrole nitrogens is 1. The second-order valence-corrected chi connectivity index (χ2v) is 10.3. The molecule has 10 heteroatoms. The Morgan fingerprint density at radius 1 is 1.11 bits per heavy atom. The minimum absolute atomic E-state index is 0.200. The van der Waals surface area contributed by atoms with Gasteiger partial charge in [0.1, 0.15) is 17.7 Å². The standard InChI is InChI=1S/C28H31FN6O3/c1-17-15-23(36)32-22(31-17)13-14-30-27(38)25(28(2,3)4)33-26(37)24-20-7-5-6-8-21(20)35(34-24)16-18-9-11-19(29)12-10-18/h5-12,15,25H,13-14,16H2,1-4H3,(H,30,38)(H,33,37)(H,31,32,36)/t25-/m1/s1. The molecular weight excluding hydrogens is 487 g/mol. The Balaban J connectivity index is 1.51. The first kappa shape index (κ1) is 26.7. The maximum Gasteiger partial charge on any atom is 0.273 e. The summed E-state index contributed by atoms with van der Waals surface area (Å²) in [5, 5.41) is 10.9. The van der Waals surface area contributed by atoms with Gasteiger partial charge in [0.05, 0.1) is 12.1 Å². The van der Waals surface area contributed by atoms with Gasteiger partial charge >= 0.3 is 0 Å². The number of aromatic nitrogens is 4. The van der Waals surface area contributed by atoms with Crippen LogP contribution in [0.5, 0.6) is 0 Å². The molecule has 9 nitrogen and oxygen atoms in total. The number of carbonyl (C=O) groups excluding carboxylic acids is 2. The highest BCUT2D eigenvalue weighted by atomic mass is 19.1. The maximum atomic E-state index is 13.4. The predicted molar refractivity (Wildman–Crippen MR) is 142 cm³/mol. The Morgan fingerprint density at radius 3 is 2.50 bits per heavy atom. The van der Waals surface area contributed by atoms with Crippen molar-refractivity contribution in [3.63, 3.8) is 0 Å². The largest absolute Gasteiger partial charge is 0.354 e. The first-order valence-corrected chi connectivity index (χ1v) is 12.4. The Hall–Kier alpha value is -4.34. The highest BCUT2D eigenvalue weighted by molar-refractivity contribution is 6.06. The third-order valence-electron chi connectivity index (χ3n) is 6.10. The highest BCUT2D eigenvalue weighted by Gasteiger charge is 2.34. The second kappa shape index (κ2) is 11.0. The van der Waals surface area contributed by atoms with Crippen LogP contribution in [0.15, 0.2) is 59.4 Å². The average Bonchev–Trinajstić information content (AvgIpc) is 3.21. The molecule has 38 heavy (non-hydrogen) atoms. The molecule has 0 aliphatic heterocycles. The molecule has 0 bridgehead atoms. The fraction of sp³-hybridized carbons (Fsp3) is 0.321. The van der Waals surface area contributed by atoms with Crippen molar-refractivity contribution >= 4 is 22.7 Å². The number of aromatic amines is 1. The van der Waals surface area contributed by atoms with Crippen LogP contribution in [0.4, 0.5) is 4.39 Å². The van der Waals surface area contributed by atoms with Crippen LogP contribution in [0.1, 0.15) is 48.3 Å². The van der Waals surface area contributed by atoms with Gasteiger partial charge < -0.3 is 15.6 Å². The monoisotopic (exact) mass is 518 g/mol. The van der Waals surface area contributed by atoms with Crippen molar-refractivity contribution in [3.05, 3.63) is 93.5 Å². The number of hydrogen-bond acceptors (Lipinski definition) is 5. The first-order valence-electron chi connectivity index (χ1n) is 12.4. The molecule has 2 heterocycles. The molecule has 198 valence electrons. The van der Waals surface area contributed by atoms with Crippen molar-refractivity contribution in [3.8, 4) is 0 Å². The zero-order valence-electron chi connectivity index (χ0n) is 21.8. The summed E-state index contributed by atoms with van der Waals surface area (Å²) < 4.78 is 15.0. The third-order valence-corrected chi connectivity index (χ3v) is 6.10. The Morgan fingerprint density at radius 2 is 1.82 bits per heavy atom. The minimum Gasteiger partial charge on any atom is -0.354 e. The number of carbonyl (C=O) groups is 2. The van der Waals surface area contributed by atoms with Crippen molar-refractivity contribution < 1.29 is 14.0 Å². The van der Waals surface area contributed by atoms with Crippen LogP contribution in [0.25, 0.3) is 10.9 Å². The Labute approximate surface area is 219 Å². The molecule has 0 aliphatic rings. The lowest BCUT2D eigenvalue weighted by molar-refractivity contribution is -0.125. The number of nitrogens with one attached hydrogen (secondary N) is 3. The van der Waals surface area contributed by atoms with Gasteiger partial charge in [-0.2, -0.15) is 5.10 Å². The summed E-state index contributed by atoms with van der Waals surface area (Å²) >= 11 is 0. The molecule has 0 unspecified atom stereocenters. The third kappa shape index (κ3) is 6.31. The zero-order chi connectivity index (χ0) is 27.4. The van der Waals surface area contributed by atoms with Crippen molar-refractivity contribution in [2.75, 3.05) is 6.54 Å². The van der Waals surface area contributed by atoms with Gasteiger partial charge in [-0.3, -0.25) is 19.1 Å². The molecule has 1 atom stereocenters. The van der Waals surface area contributed by atoms with Crippen LogP contribution in [0.2, 0.25) is 0 Å². The van der Waals surface area contributed by atoms with Gasteiger partial charge in [0.15, 0.2) is 5.69 Å². The topological polar surface area (TPSA) is 122 Å². The second-order valence-electron chi connectivity index (χ2n) is 10.3. The molecule has 0 saturated heterocycles. The van der Waals surface area contributed by atoms with Gasteiger partial charge in [-0.1, -0.05) is 51.1 Å². The van der Waals surface area contributed by atoms with E-state index in [2.05, 4.69) is 25.7 Å². The number of para-hydroxylation sites is 1. The van der Waals surface area contributed by atoms with Crippen LogP contribution in [0.3, 0.4) is 0 Å².